The number of hydrogen-bond acceptors (Lipinski definition) is 5. The molecule has 8 heteroatoms. The standard InChI is InChI=1S/C33H35ClN4O3/c1-33(2)11-9-24(28(19-33)22-3-5-25(34)6-4-22)21-37-13-15-38(16-14-37)26-7-8-27(32(39)40)30(18-26)41-31-17-23-10-12-35-29(23)20-36-31/h3-8,10,12,17-18,20,35H,9,11,13-16,19,21H2,1-2H3,(H,39,40). The van der Waals surface area contributed by atoms with Gasteiger partial charge in [0.15, 0.2) is 0 Å². The molecule has 2 aromatic heterocycles. The molecule has 212 valence electrons. The zero-order valence-electron chi connectivity index (χ0n) is 23.5. The summed E-state index contributed by atoms with van der Waals surface area (Å²) in [5.41, 5.74) is 6.55. The van der Waals surface area contributed by atoms with Crippen LogP contribution < -0.4 is 9.64 Å². The molecule has 41 heavy (non-hydrogen) atoms. The molecule has 0 unspecified atom stereocenters. The summed E-state index contributed by atoms with van der Waals surface area (Å²) in [7, 11) is 0. The third kappa shape index (κ3) is 6.11. The van der Waals surface area contributed by atoms with Gasteiger partial charge in [0.2, 0.25) is 5.88 Å². The molecule has 0 bridgehead atoms. The minimum absolute atomic E-state index is 0.116. The maximum Gasteiger partial charge on any atom is 0.339 e. The molecular weight excluding hydrogens is 536 g/mol. The van der Waals surface area contributed by atoms with Crippen molar-refractivity contribution in [3.05, 3.63) is 88.7 Å². The van der Waals surface area contributed by atoms with Crippen LogP contribution >= 0.6 is 11.6 Å². The van der Waals surface area contributed by atoms with Crippen molar-refractivity contribution in [2.24, 2.45) is 5.41 Å². The Balaban J connectivity index is 1.17. The van der Waals surface area contributed by atoms with Gasteiger partial charge in [0.05, 0.1) is 11.7 Å². The minimum Gasteiger partial charge on any atom is -0.478 e. The number of aromatic carboxylic acids is 1. The van der Waals surface area contributed by atoms with Crippen molar-refractivity contribution in [1.29, 1.82) is 0 Å². The van der Waals surface area contributed by atoms with E-state index in [9.17, 15) is 9.90 Å². The number of ether oxygens (including phenoxy) is 1. The number of benzene rings is 2. The zero-order chi connectivity index (χ0) is 28.6. The largest absolute Gasteiger partial charge is 0.478 e. The molecule has 1 aliphatic heterocycles. The summed E-state index contributed by atoms with van der Waals surface area (Å²) in [6.45, 7) is 9.28. The molecule has 7 nitrogen and oxygen atoms in total. The molecule has 2 aromatic carbocycles. The van der Waals surface area contributed by atoms with Gasteiger partial charge < -0.3 is 19.7 Å². The van der Waals surface area contributed by atoms with Gasteiger partial charge in [0, 0.05) is 67.1 Å². The molecule has 1 fully saturated rings. The van der Waals surface area contributed by atoms with E-state index in [-0.39, 0.29) is 5.56 Å². The first-order chi connectivity index (χ1) is 19.7. The van der Waals surface area contributed by atoms with Crippen LogP contribution in [0.15, 0.2) is 72.6 Å². The Morgan fingerprint density at radius 1 is 1.07 bits per heavy atom. The fourth-order valence-electron chi connectivity index (χ4n) is 5.97. The van der Waals surface area contributed by atoms with Crippen molar-refractivity contribution in [1.82, 2.24) is 14.9 Å². The molecule has 0 atom stereocenters. The zero-order valence-corrected chi connectivity index (χ0v) is 24.2. The van der Waals surface area contributed by atoms with Crippen LogP contribution in [0.5, 0.6) is 11.6 Å². The lowest BCUT2D eigenvalue weighted by Crippen LogP contribution is -2.47. The van der Waals surface area contributed by atoms with Gasteiger partial charge in [-0.05, 0) is 66.1 Å². The Hall–Kier alpha value is -3.81. The number of carboxylic acid groups (broad SMARTS) is 1. The molecule has 0 amide bonds. The van der Waals surface area contributed by atoms with Gasteiger partial charge in [-0.1, -0.05) is 43.2 Å². The number of pyridine rings is 1. The second-order valence-electron chi connectivity index (χ2n) is 11.9. The van der Waals surface area contributed by atoms with Crippen molar-refractivity contribution < 1.29 is 14.6 Å². The molecule has 2 aliphatic rings. The molecule has 1 aliphatic carbocycles. The first kappa shape index (κ1) is 27.4. The Bertz CT molecular complexity index is 1600. The predicted octanol–water partition coefficient (Wildman–Crippen LogP) is 7.49. The van der Waals surface area contributed by atoms with Crippen molar-refractivity contribution in [2.45, 2.75) is 33.1 Å². The van der Waals surface area contributed by atoms with Crippen molar-refractivity contribution in [3.63, 3.8) is 0 Å². The van der Waals surface area contributed by atoms with Crippen LogP contribution in [-0.4, -0.2) is 58.7 Å². The smallest absolute Gasteiger partial charge is 0.339 e. The maximum atomic E-state index is 12.0. The number of nitrogens with zero attached hydrogens (tertiary/aromatic N) is 3. The molecule has 2 N–H and O–H groups in total. The molecule has 0 spiro atoms. The lowest BCUT2D eigenvalue weighted by molar-refractivity contribution is 0.0694. The van der Waals surface area contributed by atoms with Crippen LogP contribution in [0.4, 0.5) is 5.69 Å². The van der Waals surface area contributed by atoms with Crippen LogP contribution in [-0.2, 0) is 0 Å². The van der Waals surface area contributed by atoms with E-state index in [2.05, 4.69) is 45.7 Å². The van der Waals surface area contributed by atoms with E-state index in [4.69, 9.17) is 16.3 Å². The number of fused-ring (bicyclic) bond motifs is 1. The fraction of sp³-hybridized carbons (Fsp3) is 0.333. The third-order valence-electron chi connectivity index (χ3n) is 8.35. The number of aromatic amines is 1. The highest BCUT2D eigenvalue weighted by Crippen LogP contribution is 2.43. The van der Waals surface area contributed by atoms with Crippen molar-refractivity contribution in [2.75, 3.05) is 37.6 Å². The average Bonchev–Trinajstić information content (AvgIpc) is 3.43. The molecular formula is C33H35ClN4O3. The highest BCUT2D eigenvalue weighted by molar-refractivity contribution is 6.30. The van der Waals surface area contributed by atoms with Crippen LogP contribution in [0.2, 0.25) is 5.02 Å². The van der Waals surface area contributed by atoms with Crippen LogP contribution in [0.3, 0.4) is 0 Å². The van der Waals surface area contributed by atoms with E-state index in [1.807, 2.05) is 42.6 Å². The summed E-state index contributed by atoms with van der Waals surface area (Å²) in [6, 6.07) is 17.4. The summed E-state index contributed by atoms with van der Waals surface area (Å²) in [5.74, 6) is -0.371. The van der Waals surface area contributed by atoms with Gasteiger partial charge in [-0.15, -0.1) is 0 Å². The number of allylic oxidation sites excluding steroid dienone is 1. The normalized spacial score (nSPS) is 17.7. The Morgan fingerprint density at radius 2 is 1.85 bits per heavy atom. The monoisotopic (exact) mass is 570 g/mol. The molecule has 4 aromatic rings. The number of carbonyl (C=O) groups is 1. The Labute approximate surface area is 245 Å². The molecule has 3 heterocycles. The Kier molecular flexibility index (Phi) is 7.49. The highest BCUT2D eigenvalue weighted by atomic mass is 35.5. The number of aromatic nitrogens is 2. The van der Waals surface area contributed by atoms with Gasteiger partial charge in [0.1, 0.15) is 11.3 Å². The number of hydrogen-bond donors (Lipinski definition) is 2. The highest BCUT2D eigenvalue weighted by Gasteiger charge is 2.29. The second kappa shape index (κ2) is 11.2. The first-order valence-corrected chi connectivity index (χ1v) is 14.5. The summed E-state index contributed by atoms with van der Waals surface area (Å²) in [4.78, 5) is 24.2. The van der Waals surface area contributed by atoms with Gasteiger partial charge in [-0.25, -0.2) is 9.78 Å². The third-order valence-corrected chi connectivity index (χ3v) is 8.60. The summed E-state index contributed by atoms with van der Waals surface area (Å²) >= 11 is 6.18. The SMILES string of the molecule is CC1(C)CCC(CN2CCN(c3ccc(C(=O)O)c(Oc4cc5cc[nH]c5cn4)c3)CC2)=C(c2ccc(Cl)cc2)C1. The lowest BCUT2D eigenvalue weighted by Gasteiger charge is -2.39. The number of H-pyrrole nitrogens is 1. The van der Waals surface area contributed by atoms with Gasteiger partial charge in [-0.3, -0.25) is 4.90 Å². The molecule has 1 saturated heterocycles. The number of anilines is 1. The number of piperazine rings is 1. The van der Waals surface area contributed by atoms with Crippen LogP contribution in [0, 0.1) is 5.41 Å². The average molecular weight is 571 g/mol. The topological polar surface area (TPSA) is 81.7 Å². The predicted molar refractivity (Wildman–Crippen MR) is 164 cm³/mol. The number of halogens is 1. The minimum atomic E-state index is -1.03. The molecule has 6 rings (SSSR count). The van der Waals surface area contributed by atoms with Gasteiger partial charge in [0.25, 0.3) is 0 Å². The van der Waals surface area contributed by atoms with E-state index >= 15 is 0 Å². The number of rotatable bonds is 7. The van der Waals surface area contributed by atoms with E-state index < -0.39 is 5.97 Å². The maximum absolute atomic E-state index is 12.0. The van der Waals surface area contributed by atoms with E-state index in [0.717, 1.165) is 67.2 Å². The van der Waals surface area contributed by atoms with Crippen molar-refractivity contribution >= 4 is 39.7 Å². The Morgan fingerprint density at radius 3 is 2.61 bits per heavy atom. The van der Waals surface area contributed by atoms with Crippen LogP contribution in [0.1, 0.15) is 49.0 Å². The van der Waals surface area contributed by atoms with E-state index in [1.54, 1.807) is 12.3 Å². The lowest BCUT2D eigenvalue weighted by atomic mass is 9.72. The molecule has 0 radical (unpaired) electrons. The quantitative estimate of drug-likeness (QED) is 0.239. The van der Waals surface area contributed by atoms with E-state index in [1.165, 1.54) is 23.1 Å². The summed E-state index contributed by atoms with van der Waals surface area (Å²) < 4.78 is 6.02. The van der Waals surface area contributed by atoms with Gasteiger partial charge >= 0.3 is 5.97 Å². The van der Waals surface area contributed by atoms with Crippen LogP contribution in [0.25, 0.3) is 16.5 Å². The van der Waals surface area contributed by atoms with E-state index in [0.29, 0.717) is 17.0 Å². The molecule has 0 saturated carbocycles. The first-order valence-electron chi connectivity index (χ1n) is 14.2. The summed E-state index contributed by atoms with van der Waals surface area (Å²) in [5, 5.41) is 11.5. The second-order valence-corrected chi connectivity index (χ2v) is 12.3. The van der Waals surface area contributed by atoms with Gasteiger partial charge in [-0.2, -0.15) is 0 Å². The number of carboxylic acids is 1. The fourth-order valence-corrected chi connectivity index (χ4v) is 6.09. The summed E-state index contributed by atoms with van der Waals surface area (Å²) in [6.07, 6.45) is 6.92. The number of nitrogens with one attached hydrogen (secondary N) is 1. The van der Waals surface area contributed by atoms with Crippen molar-refractivity contribution in [3.8, 4) is 11.6 Å².